The summed E-state index contributed by atoms with van der Waals surface area (Å²) in [5.41, 5.74) is 2.24. The molecule has 2 aliphatic carbocycles. The van der Waals surface area contributed by atoms with Crippen molar-refractivity contribution in [1.82, 2.24) is 10.2 Å². The Morgan fingerprint density at radius 2 is 2.16 bits per heavy atom. The maximum atomic E-state index is 14.1. The first-order chi connectivity index (χ1) is 15.4. The largest absolute Gasteiger partial charge is 0.466 e. The van der Waals surface area contributed by atoms with Gasteiger partial charge in [-0.3, -0.25) is 4.79 Å². The number of benzene rings is 1. The lowest BCUT2D eigenvalue weighted by Gasteiger charge is -2.36. The van der Waals surface area contributed by atoms with Crippen LogP contribution in [0.4, 0.5) is 4.39 Å². The monoisotopic (exact) mass is 455 g/mol. The molecule has 0 unspecified atom stereocenters. The minimum Gasteiger partial charge on any atom is -0.466 e. The molecule has 2 bridgehead atoms. The predicted octanol–water partition coefficient (Wildman–Crippen LogP) is 4.27. The molecule has 0 spiro atoms. The third-order valence-corrected chi connectivity index (χ3v) is 7.89. The lowest BCUT2D eigenvalue weighted by Crippen LogP contribution is -2.41. The summed E-state index contributed by atoms with van der Waals surface area (Å²) < 4.78 is 19.1. The fourth-order valence-electron chi connectivity index (χ4n) is 5.58. The van der Waals surface area contributed by atoms with Crippen LogP contribution in [0.1, 0.15) is 50.6 Å². The van der Waals surface area contributed by atoms with Crippen LogP contribution in [0.25, 0.3) is 0 Å². The van der Waals surface area contributed by atoms with Gasteiger partial charge in [-0.15, -0.1) is 0 Å². The number of amides is 1. The molecule has 2 fully saturated rings. The molecule has 6 nitrogen and oxygen atoms in total. The Balaban J connectivity index is 1.42. The van der Waals surface area contributed by atoms with E-state index in [1.165, 1.54) is 50.3 Å². The molecular weight excluding hydrogens is 429 g/mol. The van der Waals surface area contributed by atoms with Gasteiger partial charge >= 0.3 is 5.97 Å². The van der Waals surface area contributed by atoms with Crippen LogP contribution in [-0.2, 0) is 14.3 Å². The number of methoxy groups -OCH3 is 1. The molecule has 4 atom stereocenters. The number of nitrogens with one attached hydrogen (secondary N) is 1. The average Bonchev–Trinajstić information content (AvgIpc) is 3.48. The number of ether oxygens (including phenoxy) is 1. The van der Waals surface area contributed by atoms with Crippen LogP contribution in [0.2, 0.25) is 0 Å². The van der Waals surface area contributed by atoms with E-state index in [1.807, 2.05) is 10.3 Å². The summed E-state index contributed by atoms with van der Waals surface area (Å²) in [5.74, 6) is 0.418. The number of nitrogens with zero attached hydrogens (tertiary/aromatic N) is 2. The van der Waals surface area contributed by atoms with Gasteiger partial charge in [0, 0.05) is 11.7 Å². The molecule has 32 heavy (non-hydrogen) atoms. The van der Waals surface area contributed by atoms with Crippen molar-refractivity contribution < 1.29 is 18.7 Å². The molecular formula is C24H26FN3O3S. The van der Waals surface area contributed by atoms with Gasteiger partial charge in [0.15, 0.2) is 5.17 Å². The fraction of sp³-hybridized carbons (Fsp3) is 0.458. The van der Waals surface area contributed by atoms with E-state index in [9.17, 15) is 14.0 Å². The Morgan fingerprint density at radius 3 is 2.84 bits per heavy atom. The van der Waals surface area contributed by atoms with Crippen LogP contribution in [-0.4, -0.2) is 35.1 Å². The zero-order valence-corrected chi connectivity index (χ0v) is 19.0. The quantitative estimate of drug-likeness (QED) is 0.672. The molecule has 2 heterocycles. The summed E-state index contributed by atoms with van der Waals surface area (Å²) in [6.45, 7) is 1.75. The SMILES string of the molecule is COC(=O)C1=C(C)N=C2SC=C(CC(=O)N[C@H]3C[C@H]4CC[C@H]3C4)N2[C@H]1c1cccc(F)c1. The minimum atomic E-state index is -0.609. The van der Waals surface area contributed by atoms with Crippen LogP contribution in [0.15, 0.2) is 51.6 Å². The van der Waals surface area contributed by atoms with Gasteiger partial charge in [0.1, 0.15) is 5.82 Å². The van der Waals surface area contributed by atoms with Gasteiger partial charge < -0.3 is 15.0 Å². The Kier molecular flexibility index (Phi) is 5.57. The van der Waals surface area contributed by atoms with Crippen molar-refractivity contribution in [3.8, 4) is 0 Å². The number of amidine groups is 1. The summed E-state index contributed by atoms with van der Waals surface area (Å²) in [5, 5.41) is 5.81. The highest BCUT2D eigenvalue weighted by Gasteiger charge is 2.43. The number of esters is 1. The summed E-state index contributed by atoms with van der Waals surface area (Å²) in [6.07, 6.45) is 4.95. The number of rotatable bonds is 5. The Bertz CT molecular complexity index is 1070. The zero-order chi connectivity index (χ0) is 22.4. The zero-order valence-electron chi connectivity index (χ0n) is 18.1. The minimum absolute atomic E-state index is 0.0282. The average molecular weight is 456 g/mol. The Hall–Kier alpha value is -2.61. The number of aliphatic imine (C=N–C) groups is 1. The molecule has 1 N–H and O–H groups in total. The van der Waals surface area contributed by atoms with Gasteiger partial charge in [-0.05, 0) is 61.1 Å². The summed E-state index contributed by atoms with van der Waals surface area (Å²) >= 11 is 1.41. The van der Waals surface area contributed by atoms with Gasteiger partial charge in [-0.1, -0.05) is 30.3 Å². The first-order valence-corrected chi connectivity index (χ1v) is 11.9. The van der Waals surface area contributed by atoms with Gasteiger partial charge in [0.25, 0.3) is 0 Å². The van der Waals surface area contributed by atoms with Crippen LogP contribution >= 0.6 is 11.8 Å². The van der Waals surface area contributed by atoms with Crippen molar-refractivity contribution >= 4 is 28.8 Å². The van der Waals surface area contributed by atoms with E-state index in [-0.39, 0.29) is 24.2 Å². The summed E-state index contributed by atoms with van der Waals surface area (Å²) in [6, 6.07) is 5.84. The number of thioether (sulfide) groups is 1. The van der Waals surface area contributed by atoms with Crippen LogP contribution < -0.4 is 5.32 Å². The van der Waals surface area contributed by atoms with Gasteiger partial charge in [-0.2, -0.15) is 0 Å². The number of hydrogen-bond donors (Lipinski definition) is 1. The van der Waals surface area contributed by atoms with E-state index < -0.39 is 12.0 Å². The smallest absolute Gasteiger partial charge is 0.338 e. The number of carbonyl (C=O) groups excluding carboxylic acids is 2. The molecule has 0 radical (unpaired) electrons. The molecule has 0 saturated heterocycles. The van der Waals surface area contributed by atoms with E-state index in [2.05, 4.69) is 10.3 Å². The predicted molar refractivity (Wildman–Crippen MR) is 121 cm³/mol. The summed E-state index contributed by atoms with van der Waals surface area (Å²) in [7, 11) is 1.32. The van der Waals surface area contributed by atoms with E-state index in [0.717, 1.165) is 18.0 Å². The van der Waals surface area contributed by atoms with Crippen molar-refractivity contribution in [3.63, 3.8) is 0 Å². The topological polar surface area (TPSA) is 71.0 Å². The van der Waals surface area contributed by atoms with E-state index in [4.69, 9.17) is 4.74 Å². The normalized spacial score (nSPS) is 28.4. The van der Waals surface area contributed by atoms with Crippen LogP contribution in [0.3, 0.4) is 0 Å². The molecule has 2 saturated carbocycles. The Labute approximate surface area is 191 Å². The fourth-order valence-corrected chi connectivity index (χ4v) is 6.54. The molecule has 8 heteroatoms. The van der Waals surface area contributed by atoms with Crippen LogP contribution in [0, 0.1) is 17.7 Å². The lowest BCUT2D eigenvalue weighted by atomic mass is 9.93. The first-order valence-electron chi connectivity index (χ1n) is 11.0. The molecule has 1 aromatic carbocycles. The maximum absolute atomic E-state index is 14.1. The highest BCUT2D eigenvalue weighted by Crippen LogP contribution is 2.46. The first kappa shape index (κ1) is 21.2. The van der Waals surface area contributed by atoms with E-state index in [1.54, 1.807) is 19.1 Å². The highest BCUT2D eigenvalue weighted by molar-refractivity contribution is 8.16. The van der Waals surface area contributed by atoms with Crippen molar-refractivity contribution in [3.05, 3.63) is 58.0 Å². The van der Waals surface area contributed by atoms with Gasteiger partial charge in [-0.25, -0.2) is 14.2 Å². The third-order valence-electron chi connectivity index (χ3n) is 7.00. The molecule has 1 amide bonds. The molecule has 4 aliphatic rings. The van der Waals surface area contributed by atoms with Gasteiger partial charge in [0.05, 0.1) is 30.8 Å². The van der Waals surface area contributed by atoms with Crippen molar-refractivity contribution in [1.29, 1.82) is 0 Å². The van der Waals surface area contributed by atoms with Crippen LogP contribution in [0.5, 0.6) is 0 Å². The molecule has 168 valence electrons. The van der Waals surface area contributed by atoms with Crippen molar-refractivity contribution in [2.45, 2.75) is 51.1 Å². The van der Waals surface area contributed by atoms with Crippen molar-refractivity contribution in [2.24, 2.45) is 16.8 Å². The molecule has 0 aromatic heterocycles. The number of fused-ring (bicyclic) bond motifs is 3. The van der Waals surface area contributed by atoms with Crippen molar-refractivity contribution in [2.75, 3.05) is 7.11 Å². The Morgan fingerprint density at radius 1 is 1.31 bits per heavy atom. The summed E-state index contributed by atoms with van der Waals surface area (Å²) in [4.78, 5) is 32.1. The second-order valence-electron chi connectivity index (χ2n) is 8.97. The van der Waals surface area contributed by atoms with Gasteiger partial charge in [0.2, 0.25) is 5.91 Å². The number of carbonyl (C=O) groups is 2. The second-order valence-corrected chi connectivity index (χ2v) is 9.80. The molecule has 5 rings (SSSR count). The number of halogens is 1. The third kappa shape index (κ3) is 3.74. The second kappa shape index (κ2) is 8.39. The maximum Gasteiger partial charge on any atom is 0.338 e. The number of allylic oxidation sites excluding steroid dienone is 1. The molecule has 1 aromatic rings. The standard InChI is InChI=1S/C24H26FN3O3S/c1-13-21(23(30)31-2)22(16-4-3-5-17(25)10-16)28-18(12-32-24(28)26-13)11-20(29)27-19-9-14-6-7-15(19)8-14/h3-5,10,12,14-15,19,22H,6-9,11H2,1-2H3,(H,27,29)/t14-,15-,19-,22-/m0/s1. The highest BCUT2D eigenvalue weighted by atomic mass is 32.2. The van der Waals surface area contributed by atoms with E-state index in [0.29, 0.717) is 27.9 Å². The lowest BCUT2D eigenvalue weighted by molar-refractivity contribution is -0.136. The molecule has 2 aliphatic heterocycles. The van der Waals surface area contributed by atoms with E-state index >= 15 is 0 Å². The number of hydrogen-bond acceptors (Lipinski definition) is 6.